The zero-order valence-electron chi connectivity index (χ0n) is 10.5. The number of rotatable bonds is 3. The van der Waals surface area contributed by atoms with E-state index in [1.807, 2.05) is 0 Å². The Labute approximate surface area is 116 Å². The average molecular weight is 288 g/mol. The third kappa shape index (κ3) is 3.66. The molecule has 1 aliphatic rings. The second kappa shape index (κ2) is 6.33. The maximum Gasteiger partial charge on any atom is 0.227 e. The topological polar surface area (TPSA) is 20.3 Å². The molecular weight excluding hydrogens is 272 g/mol. The molecule has 1 heterocycles. The number of hydrogen-bond donors (Lipinski definition) is 0. The Morgan fingerprint density at radius 3 is 2.84 bits per heavy atom. The molecule has 1 fully saturated rings. The lowest BCUT2D eigenvalue weighted by molar-refractivity contribution is -0.132. The molecule has 104 valence electrons. The van der Waals surface area contributed by atoms with Crippen LogP contribution in [0.1, 0.15) is 18.4 Å². The van der Waals surface area contributed by atoms with Crippen LogP contribution in [0.15, 0.2) is 18.2 Å². The van der Waals surface area contributed by atoms with E-state index in [4.69, 9.17) is 11.6 Å². The molecule has 0 spiro atoms. The van der Waals surface area contributed by atoms with Gasteiger partial charge in [-0.2, -0.15) is 0 Å². The van der Waals surface area contributed by atoms with E-state index in [2.05, 4.69) is 0 Å². The van der Waals surface area contributed by atoms with E-state index in [-0.39, 0.29) is 12.3 Å². The van der Waals surface area contributed by atoms with E-state index in [0.717, 1.165) is 31.5 Å². The molecule has 0 N–H and O–H groups in total. The molecule has 1 unspecified atom stereocenters. The van der Waals surface area contributed by atoms with Gasteiger partial charge < -0.3 is 4.90 Å². The van der Waals surface area contributed by atoms with Crippen molar-refractivity contribution in [2.24, 2.45) is 5.92 Å². The summed E-state index contributed by atoms with van der Waals surface area (Å²) in [5.41, 5.74) is 0.497. The molecule has 0 saturated carbocycles. The molecule has 0 aliphatic carbocycles. The van der Waals surface area contributed by atoms with E-state index in [0.29, 0.717) is 23.9 Å². The summed E-state index contributed by atoms with van der Waals surface area (Å²) in [6, 6.07) is 3.57. The van der Waals surface area contributed by atoms with Crippen molar-refractivity contribution in [1.82, 2.24) is 4.90 Å². The number of amides is 1. The lowest BCUT2D eigenvalue weighted by Crippen LogP contribution is -2.41. The van der Waals surface area contributed by atoms with Crippen molar-refractivity contribution in [2.75, 3.05) is 19.0 Å². The molecule has 1 saturated heterocycles. The van der Waals surface area contributed by atoms with E-state index in [1.54, 1.807) is 4.90 Å². The Kier molecular flexibility index (Phi) is 4.75. The molecule has 1 aliphatic heterocycles. The number of piperidine rings is 1. The van der Waals surface area contributed by atoms with Gasteiger partial charge in [-0.1, -0.05) is 6.07 Å². The van der Waals surface area contributed by atoms with Crippen LogP contribution in [0.4, 0.5) is 8.78 Å². The van der Waals surface area contributed by atoms with Crippen LogP contribution in [0.2, 0.25) is 0 Å². The van der Waals surface area contributed by atoms with Crippen LogP contribution in [0.3, 0.4) is 0 Å². The minimum Gasteiger partial charge on any atom is -0.342 e. The van der Waals surface area contributed by atoms with Crippen molar-refractivity contribution in [3.05, 3.63) is 35.4 Å². The van der Waals surface area contributed by atoms with Crippen LogP contribution >= 0.6 is 11.6 Å². The van der Waals surface area contributed by atoms with Crippen LogP contribution in [0.25, 0.3) is 0 Å². The highest BCUT2D eigenvalue weighted by Gasteiger charge is 2.23. The first kappa shape index (κ1) is 14.3. The molecule has 1 atom stereocenters. The molecule has 5 heteroatoms. The summed E-state index contributed by atoms with van der Waals surface area (Å²) in [4.78, 5) is 13.9. The third-order valence-electron chi connectivity index (χ3n) is 3.43. The fourth-order valence-corrected chi connectivity index (χ4v) is 2.61. The first-order chi connectivity index (χ1) is 9.10. The second-order valence-electron chi connectivity index (χ2n) is 4.93. The number of halogens is 3. The highest BCUT2D eigenvalue weighted by Crippen LogP contribution is 2.19. The molecule has 1 amide bonds. The Morgan fingerprint density at radius 2 is 2.16 bits per heavy atom. The summed E-state index contributed by atoms with van der Waals surface area (Å²) < 4.78 is 25.9. The highest BCUT2D eigenvalue weighted by molar-refractivity contribution is 6.18. The lowest BCUT2D eigenvalue weighted by atomic mass is 9.99. The lowest BCUT2D eigenvalue weighted by Gasteiger charge is -2.32. The van der Waals surface area contributed by atoms with E-state index in [1.165, 1.54) is 6.07 Å². The zero-order valence-corrected chi connectivity index (χ0v) is 11.3. The number of likely N-dealkylation sites (tertiary alicyclic amines) is 1. The standard InChI is InChI=1S/C14H16ClF2NO/c15-8-11-2-1-5-18(9-11)14(19)7-10-3-4-12(16)13(17)6-10/h3-4,6,11H,1-2,5,7-9H2. The van der Waals surface area contributed by atoms with Crippen molar-refractivity contribution in [2.45, 2.75) is 19.3 Å². The SMILES string of the molecule is O=C(Cc1ccc(F)c(F)c1)N1CCCC(CCl)C1. The van der Waals surface area contributed by atoms with Crippen molar-refractivity contribution < 1.29 is 13.6 Å². The molecule has 0 bridgehead atoms. The van der Waals surface area contributed by atoms with Gasteiger partial charge in [-0.25, -0.2) is 8.78 Å². The fraction of sp³-hybridized carbons (Fsp3) is 0.500. The summed E-state index contributed by atoms with van der Waals surface area (Å²) in [6.45, 7) is 1.38. The Morgan fingerprint density at radius 1 is 1.37 bits per heavy atom. The predicted molar refractivity (Wildman–Crippen MR) is 70.1 cm³/mol. The van der Waals surface area contributed by atoms with E-state index in [9.17, 15) is 13.6 Å². The number of benzene rings is 1. The normalized spacial score (nSPS) is 19.5. The van der Waals surface area contributed by atoms with Crippen molar-refractivity contribution in [3.63, 3.8) is 0 Å². The van der Waals surface area contributed by atoms with Gasteiger partial charge in [0.1, 0.15) is 0 Å². The predicted octanol–water partition coefficient (Wildman–Crippen LogP) is 2.98. The fourth-order valence-electron chi connectivity index (χ4n) is 2.35. The van der Waals surface area contributed by atoms with Crippen molar-refractivity contribution in [1.29, 1.82) is 0 Å². The first-order valence-electron chi connectivity index (χ1n) is 6.38. The summed E-state index contributed by atoms with van der Waals surface area (Å²) >= 11 is 5.82. The van der Waals surface area contributed by atoms with Gasteiger partial charge in [0.05, 0.1) is 6.42 Å². The average Bonchev–Trinajstić information content (AvgIpc) is 2.43. The largest absolute Gasteiger partial charge is 0.342 e. The quantitative estimate of drug-likeness (QED) is 0.783. The van der Waals surface area contributed by atoms with Gasteiger partial charge in [0, 0.05) is 19.0 Å². The molecule has 0 aromatic heterocycles. The van der Waals surface area contributed by atoms with E-state index < -0.39 is 11.6 Å². The summed E-state index contributed by atoms with van der Waals surface area (Å²) in [7, 11) is 0. The van der Waals surface area contributed by atoms with Crippen LogP contribution in [-0.2, 0) is 11.2 Å². The number of nitrogens with zero attached hydrogens (tertiary/aromatic N) is 1. The molecule has 2 nitrogen and oxygen atoms in total. The number of carbonyl (C=O) groups is 1. The number of alkyl halides is 1. The minimum absolute atomic E-state index is 0.0548. The van der Waals surface area contributed by atoms with E-state index >= 15 is 0 Å². The van der Waals surface area contributed by atoms with Crippen LogP contribution < -0.4 is 0 Å². The van der Waals surface area contributed by atoms with Gasteiger partial charge in [-0.05, 0) is 36.5 Å². The smallest absolute Gasteiger partial charge is 0.227 e. The van der Waals surface area contributed by atoms with Crippen LogP contribution in [-0.4, -0.2) is 29.8 Å². The number of carbonyl (C=O) groups excluding carboxylic acids is 1. The zero-order chi connectivity index (χ0) is 13.8. The molecule has 1 aromatic rings. The molecule has 2 rings (SSSR count). The molecule has 0 radical (unpaired) electrons. The van der Waals surface area contributed by atoms with Crippen molar-refractivity contribution in [3.8, 4) is 0 Å². The summed E-state index contributed by atoms with van der Waals surface area (Å²) in [5.74, 6) is -0.973. The molecular formula is C14H16ClF2NO. The monoisotopic (exact) mass is 287 g/mol. The first-order valence-corrected chi connectivity index (χ1v) is 6.91. The van der Waals surface area contributed by atoms with Crippen molar-refractivity contribution >= 4 is 17.5 Å². The minimum atomic E-state index is -0.914. The van der Waals surface area contributed by atoms with Gasteiger partial charge in [-0.15, -0.1) is 11.6 Å². The maximum atomic E-state index is 13.1. The Hall–Kier alpha value is -1.16. The summed E-state index contributed by atoms with van der Waals surface area (Å²) in [5, 5.41) is 0. The van der Waals surface area contributed by atoms with Gasteiger partial charge in [0.25, 0.3) is 0 Å². The van der Waals surface area contributed by atoms with Crippen LogP contribution in [0.5, 0.6) is 0 Å². The number of hydrogen-bond acceptors (Lipinski definition) is 1. The molecule has 19 heavy (non-hydrogen) atoms. The Bertz CT molecular complexity index is 467. The Balaban J connectivity index is 1.98. The van der Waals surface area contributed by atoms with Crippen LogP contribution in [0, 0.1) is 17.6 Å². The molecule has 1 aromatic carbocycles. The summed E-state index contributed by atoms with van der Waals surface area (Å²) in [6.07, 6.45) is 2.09. The van der Waals surface area contributed by atoms with Gasteiger partial charge in [0.15, 0.2) is 11.6 Å². The highest BCUT2D eigenvalue weighted by atomic mass is 35.5. The van der Waals surface area contributed by atoms with Gasteiger partial charge in [-0.3, -0.25) is 4.79 Å². The van der Waals surface area contributed by atoms with Gasteiger partial charge >= 0.3 is 0 Å². The maximum absolute atomic E-state index is 13.1. The second-order valence-corrected chi connectivity index (χ2v) is 5.24. The van der Waals surface area contributed by atoms with Gasteiger partial charge in [0.2, 0.25) is 5.91 Å². The third-order valence-corrected chi connectivity index (χ3v) is 3.87.